The van der Waals surface area contributed by atoms with Gasteiger partial charge in [0, 0.05) is 6.07 Å². The molecule has 0 aliphatic heterocycles. The molecule has 0 spiro atoms. The van der Waals surface area contributed by atoms with Gasteiger partial charge < -0.3 is 0 Å². The SMILES string of the molecule is CCCCCCC(C)(CC)c1cnnc(F)c1. The lowest BCUT2D eigenvalue weighted by Crippen LogP contribution is -2.21. The zero-order valence-corrected chi connectivity index (χ0v) is 11.2. The molecular formula is C14H23FN2. The van der Waals surface area contributed by atoms with Gasteiger partial charge in [-0.15, -0.1) is 5.10 Å². The normalized spacial score (nSPS) is 14.6. The highest BCUT2D eigenvalue weighted by molar-refractivity contribution is 5.19. The first-order valence-corrected chi connectivity index (χ1v) is 6.61. The Kier molecular flexibility index (Phi) is 5.52. The van der Waals surface area contributed by atoms with Crippen LogP contribution in [0.2, 0.25) is 0 Å². The molecule has 1 aromatic rings. The van der Waals surface area contributed by atoms with E-state index in [0.29, 0.717) is 0 Å². The number of halogens is 1. The fourth-order valence-electron chi connectivity index (χ4n) is 2.14. The smallest absolute Gasteiger partial charge is 0.183 e. The first kappa shape index (κ1) is 14.1. The van der Waals surface area contributed by atoms with Crippen LogP contribution in [0.25, 0.3) is 0 Å². The lowest BCUT2D eigenvalue weighted by atomic mass is 9.77. The van der Waals surface area contributed by atoms with Crippen molar-refractivity contribution >= 4 is 0 Å². The van der Waals surface area contributed by atoms with Crippen molar-refractivity contribution in [1.82, 2.24) is 10.2 Å². The van der Waals surface area contributed by atoms with Crippen molar-refractivity contribution in [3.8, 4) is 0 Å². The Morgan fingerprint density at radius 2 is 2.00 bits per heavy atom. The summed E-state index contributed by atoms with van der Waals surface area (Å²) in [6, 6.07) is 1.52. The van der Waals surface area contributed by atoms with Gasteiger partial charge in [0.1, 0.15) is 0 Å². The Morgan fingerprint density at radius 1 is 1.24 bits per heavy atom. The van der Waals surface area contributed by atoms with E-state index in [-0.39, 0.29) is 5.41 Å². The van der Waals surface area contributed by atoms with Crippen LogP contribution in [0.1, 0.15) is 64.9 Å². The van der Waals surface area contributed by atoms with Gasteiger partial charge >= 0.3 is 0 Å². The molecule has 0 amide bonds. The zero-order chi connectivity index (χ0) is 12.7. The molecule has 0 aliphatic rings. The van der Waals surface area contributed by atoms with E-state index in [2.05, 4.69) is 31.0 Å². The van der Waals surface area contributed by atoms with Crippen molar-refractivity contribution in [2.24, 2.45) is 0 Å². The van der Waals surface area contributed by atoms with Gasteiger partial charge in [0.2, 0.25) is 5.95 Å². The average Bonchev–Trinajstić information content (AvgIpc) is 2.34. The highest BCUT2D eigenvalue weighted by Crippen LogP contribution is 2.32. The molecule has 0 aliphatic carbocycles. The molecule has 1 unspecified atom stereocenters. The van der Waals surface area contributed by atoms with Gasteiger partial charge in [0.05, 0.1) is 6.20 Å². The van der Waals surface area contributed by atoms with E-state index >= 15 is 0 Å². The fourth-order valence-corrected chi connectivity index (χ4v) is 2.14. The number of aromatic nitrogens is 2. The summed E-state index contributed by atoms with van der Waals surface area (Å²) in [6.45, 7) is 6.55. The predicted octanol–water partition coefficient (Wildman–Crippen LogP) is 4.25. The maximum absolute atomic E-state index is 13.1. The third kappa shape index (κ3) is 4.06. The average molecular weight is 238 g/mol. The third-order valence-corrected chi connectivity index (χ3v) is 3.68. The Labute approximate surface area is 104 Å². The number of nitrogens with zero attached hydrogens (tertiary/aromatic N) is 2. The molecule has 0 saturated carbocycles. The Balaban J connectivity index is 2.67. The molecule has 2 nitrogen and oxygen atoms in total. The van der Waals surface area contributed by atoms with Gasteiger partial charge in [-0.1, -0.05) is 46.5 Å². The first-order chi connectivity index (χ1) is 8.12. The highest BCUT2D eigenvalue weighted by Gasteiger charge is 2.25. The quantitative estimate of drug-likeness (QED) is 0.663. The molecule has 3 heteroatoms. The molecule has 0 radical (unpaired) electrons. The summed E-state index contributed by atoms with van der Waals surface area (Å²) in [6.07, 6.45) is 8.78. The van der Waals surface area contributed by atoms with E-state index in [1.165, 1.54) is 31.7 Å². The van der Waals surface area contributed by atoms with Gasteiger partial charge in [0.15, 0.2) is 0 Å². The summed E-state index contributed by atoms with van der Waals surface area (Å²) in [7, 11) is 0. The van der Waals surface area contributed by atoms with Gasteiger partial charge in [-0.2, -0.15) is 9.49 Å². The second-order valence-electron chi connectivity index (χ2n) is 4.99. The molecule has 0 aromatic carbocycles. The minimum Gasteiger partial charge on any atom is -0.183 e. The van der Waals surface area contributed by atoms with Crippen molar-refractivity contribution in [3.05, 3.63) is 23.8 Å². The molecule has 1 aromatic heterocycles. The van der Waals surface area contributed by atoms with Crippen LogP contribution in [-0.4, -0.2) is 10.2 Å². The van der Waals surface area contributed by atoms with E-state index in [4.69, 9.17) is 0 Å². The van der Waals surface area contributed by atoms with E-state index in [0.717, 1.165) is 18.4 Å². The fraction of sp³-hybridized carbons (Fsp3) is 0.714. The van der Waals surface area contributed by atoms with Gasteiger partial charge in [0.25, 0.3) is 0 Å². The number of rotatable bonds is 7. The summed E-state index contributed by atoms with van der Waals surface area (Å²) in [5.41, 5.74) is 1.01. The van der Waals surface area contributed by atoms with E-state index in [9.17, 15) is 4.39 Å². The van der Waals surface area contributed by atoms with Crippen LogP contribution in [0.15, 0.2) is 12.3 Å². The lowest BCUT2D eigenvalue weighted by molar-refractivity contribution is 0.390. The molecule has 17 heavy (non-hydrogen) atoms. The van der Waals surface area contributed by atoms with Gasteiger partial charge in [-0.05, 0) is 23.8 Å². The Hall–Kier alpha value is -0.990. The molecule has 96 valence electrons. The molecule has 1 rings (SSSR count). The van der Waals surface area contributed by atoms with Crippen LogP contribution in [0.3, 0.4) is 0 Å². The molecule has 0 saturated heterocycles. The van der Waals surface area contributed by atoms with Crippen LogP contribution >= 0.6 is 0 Å². The van der Waals surface area contributed by atoms with Crippen molar-refractivity contribution in [2.45, 2.75) is 64.7 Å². The van der Waals surface area contributed by atoms with Crippen molar-refractivity contribution in [2.75, 3.05) is 0 Å². The monoisotopic (exact) mass is 238 g/mol. The highest BCUT2D eigenvalue weighted by atomic mass is 19.1. The summed E-state index contributed by atoms with van der Waals surface area (Å²) in [4.78, 5) is 0. The number of unbranched alkanes of at least 4 members (excludes halogenated alkanes) is 3. The van der Waals surface area contributed by atoms with Crippen molar-refractivity contribution < 1.29 is 4.39 Å². The maximum atomic E-state index is 13.1. The van der Waals surface area contributed by atoms with Crippen LogP contribution in [-0.2, 0) is 5.41 Å². The number of hydrogen-bond donors (Lipinski definition) is 0. The Morgan fingerprint density at radius 3 is 2.59 bits per heavy atom. The summed E-state index contributed by atoms with van der Waals surface area (Å²) in [5.74, 6) is -0.476. The van der Waals surface area contributed by atoms with E-state index in [1.807, 2.05) is 0 Å². The van der Waals surface area contributed by atoms with Gasteiger partial charge in [-0.25, -0.2) is 0 Å². The summed E-state index contributed by atoms with van der Waals surface area (Å²) in [5, 5.41) is 7.10. The van der Waals surface area contributed by atoms with E-state index < -0.39 is 5.95 Å². The molecule has 0 bridgehead atoms. The van der Waals surface area contributed by atoms with Crippen molar-refractivity contribution in [3.63, 3.8) is 0 Å². The van der Waals surface area contributed by atoms with Crippen LogP contribution < -0.4 is 0 Å². The molecular weight excluding hydrogens is 215 g/mol. The van der Waals surface area contributed by atoms with Crippen molar-refractivity contribution in [1.29, 1.82) is 0 Å². The van der Waals surface area contributed by atoms with Crippen LogP contribution in [0.4, 0.5) is 4.39 Å². The summed E-state index contributed by atoms with van der Waals surface area (Å²) >= 11 is 0. The number of hydrogen-bond acceptors (Lipinski definition) is 2. The molecule has 1 atom stereocenters. The third-order valence-electron chi connectivity index (χ3n) is 3.68. The largest absolute Gasteiger partial charge is 0.233 e. The second-order valence-corrected chi connectivity index (χ2v) is 4.99. The first-order valence-electron chi connectivity index (χ1n) is 6.61. The van der Waals surface area contributed by atoms with Crippen LogP contribution in [0, 0.1) is 5.95 Å². The molecule has 0 N–H and O–H groups in total. The lowest BCUT2D eigenvalue weighted by Gasteiger charge is -2.28. The zero-order valence-electron chi connectivity index (χ0n) is 11.2. The van der Waals surface area contributed by atoms with E-state index in [1.54, 1.807) is 6.20 Å². The van der Waals surface area contributed by atoms with Gasteiger partial charge in [-0.3, -0.25) is 0 Å². The van der Waals surface area contributed by atoms with Crippen LogP contribution in [0.5, 0.6) is 0 Å². The molecule has 1 heterocycles. The standard InChI is InChI=1S/C14H23FN2/c1-4-6-7-8-9-14(3,5-2)12-10-13(15)17-16-11-12/h10-11H,4-9H2,1-3H3. The predicted molar refractivity (Wildman–Crippen MR) is 68.4 cm³/mol. The topological polar surface area (TPSA) is 25.8 Å². The maximum Gasteiger partial charge on any atom is 0.233 e. The second kappa shape index (κ2) is 6.67. The molecule has 0 fully saturated rings. The summed E-state index contributed by atoms with van der Waals surface area (Å²) < 4.78 is 13.1. The minimum absolute atomic E-state index is 0.0323. The Bertz CT molecular complexity index is 341. The minimum atomic E-state index is -0.476.